The van der Waals surface area contributed by atoms with Crippen molar-refractivity contribution in [2.75, 3.05) is 11.6 Å². The monoisotopic (exact) mass is 316 g/mol. The molecule has 7 heteroatoms. The minimum atomic E-state index is -3.20. The quantitative estimate of drug-likeness (QED) is 0.929. The molecular weight excluding hydrogens is 300 g/mol. The molecule has 0 bridgehead atoms. The van der Waals surface area contributed by atoms with Crippen LogP contribution in [0.5, 0.6) is 0 Å². The maximum Gasteiger partial charge on any atom is 0.224 e. The molecule has 1 N–H and O–H groups in total. The number of nitriles is 1. The second kappa shape index (κ2) is 6.12. The van der Waals surface area contributed by atoms with Crippen molar-refractivity contribution in [1.82, 2.24) is 9.97 Å². The lowest BCUT2D eigenvalue weighted by Crippen LogP contribution is -2.11. The Hall–Kier alpha value is -2.46. The standard InChI is InChI=1S/C15H16N4O2S/c1-10-8-13(9-16)19-15(17-10)18-11(2)12-4-6-14(7-5-12)22(3,20)21/h4-8,11H,1-3H3,(H,17,18,19). The Bertz CT molecular complexity index is 824. The minimum Gasteiger partial charge on any atom is -0.348 e. The van der Waals surface area contributed by atoms with E-state index in [1.807, 2.05) is 13.0 Å². The number of hydrogen-bond donors (Lipinski definition) is 1. The van der Waals surface area contributed by atoms with Crippen LogP contribution in [0.3, 0.4) is 0 Å². The molecule has 1 aromatic carbocycles. The van der Waals surface area contributed by atoms with E-state index in [2.05, 4.69) is 15.3 Å². The average molecular weight is 316 g/mol. The first-order chi connectivity index (χ1) is 10.3. The van der Waals surface area contributed by atoms with Gasteiger partial charge in [-0.15, -0.1) is 0 Å². The van der Waals surface area contributed by atoms with Crippen LogP contribution in [-0.4, -0.2) is 24.6 Å². The van der Waals surface area contributed by atoms with Gasteiger partial charge in [-0.3, -0.25) is 0 Å². The molecule has 114 valence electrons. The van der Waals surface area contributed by atoms with Crippen molar-refractivity contribution in [1.29, 1.82) is 5.26 Å². The lowest BCUT2D eigenvalue weighted by molar-refractivity contribution is 0.602. The first-order valence-electron chi connectivity index (χ1n) is 6.62. The molecule has 2 aromatic rings. The van der Waals surface area contributed by atoms with E-state index in [-0.39, 0.29) is 10.9 Å². The zero-order valence-electron chi connectivity index (χ0n) is 12.5. The van der Waals surface area contributed by atoms with Crippen LogP contribution >= 0.6 is 0 Å². The van der Waals surface area contributed by atoms with Crippen LogP contribution in [0.4, 0.5) is 5.95 Å². The molecule has 0 fully saturated rings. The summed E-state index contributed by atoms with van der Waals surface area (Å²) in [4.78, 5) is 8.61. The zero-order chi connectivity index (χ0) is 16.3. The van der Waals surface area contributed by atoms with Gasteiger partial charge in [-0.1, -0.05) is 12.1 Å². The van der Waals surface area contributed by atoms with Crippen LogP contribution in [0.1, 0.15) is 29.9 Å². The van der Waals surface area contributed by atoms with Gasteiger partial charge in [-0.05, 0) is 37.6 Å². The van der Waals surface area contributed by atoms with E-state index in [0.717, 1.165) is 5.56 Å². The van der Waals surface area contributed by atoms with Crippen LogP contribution < -0.4 is 5.32 Å². The molecule has 22 heavy (non-hydrogen) atoms. The van der Waals surface area contributed by atoms with Gasteiger partial charge in [0.05, 0.1) is 10.9 Å². The van der Waals surface area contributed by atoms with Gasteiger partial charge in [-0.2, -0.15) is 5.26 Å². The van der Waals surface area contributed by atoms with E-state index in [1.165, 1.54) is 6.26 Å². The lowest BCUT2D eigenvalue weighted by Gasteiger charge is -2.15. The molecule has 0 aliphatic rings. The van der Waals surface area contributed by atoms with Gasteiger partial charge in [0, 0.05) is 11.9 Å². The Morgan fingerprint density at radius 1 is 1.23 bits per heavy atom. The maximum absolute atomic E-state index is 11.4. The molecule has 0 amide bonds. The zero-order valence-corrected chi connectivity index (χ0v) is 13.3. The summed E-state index contributed by atoms with van der Waals surface area (Å²) in [6, 6.07) is 10.1. The van der Waals surface area contributed by atoms with Crippen LogP contribution in [0, 0.1) is 18.3 Å². The second-order valence-corrected chi connectivity index (χ2v) is 7.05. The summed E-state index contributed by atoms with van der Waals surface area (Å²) in [5.41, 5.74) is 1.90. The van der Waals surface area contributed by atoms with Crippen LogP contribution in [-0.2, 0) is 9.84 Å². The number of anilines is 1. The second-order valence-electron chi connectivity index (χ2n) is 5.04. The van der Waals surface area contributed by atoms with Crippen molar-refractivity contribution in [2.24, 2.45) is 0 Å². The highest BCUT2D eigenvalue weighted by atomic mass is 32.2. The first kappa shape index (κ1) is 15.9. The van der Waals surface area contributed by atoms with E-state index >= 15 is 0 Å². The molecule has 6 nitrogen and oxygen atoms in total. The summed E-state index contributed by atoms with van der Waals surface area (Å²) < 4.78 is 22.9. The summed E-state index contributed by atoms with van der Waals surface area (Å²) >= 11 is 0. The van der Waals surface area contributed by atoms with E-state index in [4.69, 9.17) is 5.26 Å². The third-order valence-electron chi connectivity index (χ3n) is 3.12. The number of aryl methyl sites for hydroxylation is 1. The van der Waals surface area contributed by atoms with E-state index < -0.39 is 9.84 Å². The summed E-state index contributed by atoms with van der Waals surface area (Å²) in [5.74, 6) is 0.372. The van der Waals surface area contributed by atoms with Gasteiger partial charge in [0.2, 0.25) is 5.95 Å². The predicted octanol–water partition coefficient (Wildman–Crippen LogP) is 2.23. The normalized spacial score (nSPS) is 12.5. The molecule has 1 aromatic heterocycles. The Morgan fingerprint density at radius 2 is 1.86 bits per heavy atom. The van der Waals surface area contributed by atoms with E-state index in [9.17, 15) is 8.42 Å². The van der Waals surface area contributed by atoms with Crippen molar-refractivity contribution < 1.29 is 8.42 Å². The molecule has 1 atom stereocenters. The van der Waals surface area contributed by atoms with Crippen LogP contribution in [0.2, 0.25) is 0 Å². The van der Waals surface area contributed by atoms with Crippen LogP contribution in [0.25, 0.3) is 0 Å². The highest BCUT2D eigenvalue weighted by Crippen LogP contribution is 2.19. The molecule has 0 radical (unpaired) electrons. The lowest BCUT2D eigenvalue weighted by atomic mass is 10.1. The third-order valence-corrected chi connectivity index (χ3v) is 4.25. The number of sulfone groups is 1. The van der Waals surface area contributed by atoms with Crippen molar-refractivity contribution in [3.05, 3.63) is 47.3 Å². The smallest absolute Gasteiger partial charge is 0.224 e. The van der Waals surface area contributed by atoms with Crippen LogP contribution in [0.15, 0.2) is 35.2 Å². The highest BCUT2D eigenvalue weighted by Gasteiger charge is 2.11. The van der Waals surface area contributed by atoms with E-state index in [0.29, 0.717) is 17.3 Å². The third kappa shape index (κ3) is 3.80. The molecule has 2 rings (SSSR count). The molecule has 0 spiro atoms. The number of nitrogens with one attached hydrogen (secondary N) is 1. The van der Waals surface area contributed by atoms with Crippen molar-refractivity contribution in [3.8, 4) is 6.07 Å². The molecule has 0 aliphatic carbocycles. The number of rotatable bonds is 4. The first-order valence-corrected chi connectivity index (χ1v) is 8.51. The largest absolute Gasteiger partial charge is 0.348 e. The summed E-state index contributed by atoms with van der Waals surface area (Å²) in [7, 11) is -3.20. The number of aromatic nitrogens is 2. The van der Waals surface area contributed by atoms with Crippen molar-refractivity contribution >= 4 is 15.8 Å². The molecule has 0 saturated carbocycles. The van der Waals surface area contributed by atoms with Gasteiger partial charge < -0.3 is 5.32 Å². The van der Waals surface area contributed by atoms with E-state index in [1.54, 1.807) is 37.3 Å². The Morgan fingerprint density at radius 3 is 2.41 bits per heavy atom. The fourth-order valence-corrected chi connectivity index (χ4v) is 2.60. The fraction of sp³-hybridized carbons (Fsp3) is 0.267. The molecular formula is C15H16N4O2S. The molecule has 0 aliphatic heterocycles. The SMILES string of the molecule is Cc1cc(C#N)nc(NC(C)c2ccc(S(C)(=O)=O)cc2)n1. The van der Waals surface area contributed by atoms with Crippen molar-refractivity contribution in [3.63, 3.8) is 0 Å². The summed E-state index contributed by atoms with van der Waals surface area (Å²) in [6.07, 6.45) is 1.17. The van der Waals surface area contributed by atoms with Gasteiger partial charge in [0.15, 0.2) is 9.84 Å². The topological polar surface area (TPSA) is 95.7 Å². The van der Waals surface area contributed by atoms with Crippen molar-refractivity contribution in [2.45, 2.75) is 24.8 Å². The summed E-state index contributed by atoms with van der Waals surface area (Å²) in [6.45, 7) is 3.70. The Balaban J connectivity index is 2.21. The highest BCUT2D eigenvalue weighted by molar-refractivity contribution is 7.90. The predicted molar refractivity (Wildman–Crippen MR) is 83.1 cm³/mol. The number of nitrogens with zero attached hydrogens (tertiary/aromatic N) is 3. The summed E-state index contributed by atoms with van der Waals surface area (Å²) in [5, 5.41) is 12.0. The Labute approximate surface area is 129 Å². The Kier molecular flexibility index (Phi) is 4.43. The number of hydrogen-bond acceptors (Lipinski definition) is 6. The average Bonchev–Trinajstić information content (AvgIpc) is 2.45. The van der Waals surface area contributed by atoms with Gasteiger partial charge in [-0.25, -0.2) is 18.4 Å². The number of benzene rings is 1. The molecule has 0 saturated heterocycles. The van der Waals surface area contributed by atoms with Gasteiger partial charge in [0.25, 0.3) is 0 Å². The fourth-order valence-electron chi connectivity index (χ4n) is 1.97. The molecule has 1 unspecified atom stereocenters. The van der Waals surface area contributed by atoms with Gasteiger partial charge in [0.1, 0.15) is 11.8 Å². The minimum absolute atomic E-state index is 0.123. The maximum atomic E-state index is 11.4. The van der Waals surface area contributed by atoms with Gasteiger partial charge >= 0.3 is 0 Å². The molecule has 1 heterocycles.